The molecule has 128 valence electrons. The van der Waals surface area contributed by atoms with Crippen LogP contribution >= 0.6 is 36.2 Å². The predicted molar refractivity (Wildman–Crippen MR) is 96.4 cm³/mol. The lowest BCUT2D eigenvalue weighted by Gasteiger charge is -2.22. The highest BCUT2D eigenvalue weighted by Gasteiger charge is 2.19. The van der Waals surface area contributed by atoms with Crippen molar-refractivity contribution in [3.8, 4) is 0 Å². The number of hydrogen-bond donors (Lipinski definition) is 1. The van der Waals surface area contributed by atoms with Crippen LogP contribution in [0.25, 0.3) is 0 Å². The normalized spacial score (nSPS) is 11.1. The van der Waals surface area contributed by atoms with Crippen LogP contribution in [0.4, 0.5) is 4.39 Å². The Balaban J connectivity index is 0.00000242. The zero-order valence-electron chi connectivity index (χ0n) is 12.9. The molecule has 0 saturated carbocycles. The summed E-state index contributed by atoms with van der Waals surface area (Å²) < 4.78 is 12.9. The molecule has 1 aromatic heterocycles. The first-order valence-electron chi connectivity index (χ1n) is 6.67. The van der Waals surface area contributed by atoms with Gasteiger partial charge in [0, 0.05) is 31.4 Å². The molecule has 1 unspecified atom stereocenters. The van der Waals surface area contributed by atoms with Gasteiger partial charge in [-0.05, 0) is 24.6 Å². The van der Waals surface area contributed by atoms with E-state index in [1.54, 1.807) is 29.5 Å². The summed E-state index contributed by atoms with van der Waals surface area (Å²) in [6, 6.07) is 6.26. The molecule has 8 heteroatoms. The molecule has 0 spiro atoms. The molecule has 0 aliphatic rings. The van der Waals surface area contributed by atoms with Crippen molar-refractivity contribution in [1.29, 1.82) is 0 Å². The van der Waals surface area contributed by atoms with Crippen LogP contribution in [0.2, 0.25) is 0 Å². The third kappa shape index (κ3) is 5.73. The van der Waals surface area contributed by atoms with E-state index < -0.39 is 0 Å². The van der Waals surface area contributed by atoms with Crippen LogP contribution in [0.15, 0.2) is 29.6 Å². The molecule has 0 fully saturated rings. The molecule has 4 nitrogen and oxygen atoms in total. The minimum Gasteiger partial charge on any atom is -0.336 e. The molecule has 1 heterocycles. The van der Waals surface area contributed by atoms with E-state index in [1.807, 2.05) is 6.92 Å². The summed E-state index contributed by atoms with van der Waals surface area (Å²) in [5, 5.41) is 2.58. The van der Waals surface area contributed by atoms with E-state index >= 15 is 0 Å². The summed E-state index contributed by atoms with van der Waals surface area (Å²) in [6.45, 7) is 2.30. The number of likely N-dealkylation sites (N-methyl/N-ethyl adjacent to an activating group) is 1. The van der Waals surface area contributed by atoms with Crippen LogP contribution in [-0.2, 0) is 6.42 Å². The molecule has 0 aliphatic heterocycles. The minimum atomic E-state index is -0.258. The number of nitrogens with two attached hydrogens (primary N) is 1. The van der Waals surface area contributed by atoms with Gasteiger partial charge in [-0.1, -0.05) is 12.1 Å². The van der Waals surface area contributed by atoms with Crippen molar-refractivity contribution in [2.45, 2.75) is 19.4 Å². The van der Waals surface area contributed by atoms with Gasteiger partial charge in [0.25, 0.3) is 5.91 Å². The van der Waals surface area contributed by atoms with Gasteiger partial charge in [0.1, 0.15) is 11.5 Å². The smallest absolute Gasteiger partial charge is 0.273 e. The molecular weight excluding hydrogens is 360 g/mol. The zero-order valence-corrected chi connectivity index (χ0v) is 15.3. The van der Waals surface area contributed by atoms with Crippen molar-refractivity contribution in [2.24, 2.45) is 5.73 Å². The number of benzene rings is 1. The molecular formula is C15H20Cl2FN3OS. The SMILES string of the molecule is CC(CN)N(C)C(=O)c1csc(Cc2ccc(F)cc2)n1.Cl.Cl. The van der Waals surface area contributed by atoms with Gasteiger partial charge in [-0.25, -0.2) is 9.37 Å². The van der Waals surface area contributed by atoms with Gasteiger partial charge in [0.2, 0.25) is 0 Å². The van der Waals surface area contributed by atoms with Crippen LogP contribution in [0.3, 0.4) is 0 Å². The Bertz CT molecular complexity index is 621. The average molecular weight is 380 g/mol. The summed E-state index contributed by atoms with van der Waals surface area (Å²) in [4.78, 5) is 18.2. The molecule has 0 bridgehead atoms. The van der Waals surface area contributed by atoms with Crippen LogP contribution in [0.1, 0.15) is 28.0 Å². The van der Waals surface area contributed by atoms with Crippen molar-refractivity contribution in [1.82, 2.24) is 9.88 Å². The van der Waals surface area contributed by atoms with E-state index in [1.165, 1.54) is 23.5 Å². The van der Waals surface area contributed by atoms with E-state index in [4.69, 9.17) is 5.73 Å². The van der Waals surface area contributed by atoms with Gasteiger partial charge < -0.3 is 10.6 Å². The fourth-order valence-corrected chi connectivity index (χ4v) is 2.61. The monoisotopic (exact) mass is 379 g/mol. The van der Waals surface area contributed by atoms with Crippen LogP contribution < -0.4 is 5.73 Å². The van der Waals surface area contributed by atoms with Gasteiger partial charge in [-0.3, -0.25) is 4.79 Å². The molecule has 1 aromatic carbocycles. The Kier molecular flexibility index (Phi) is 9.31. The number of nitrogens with zero attached hydrogens (tertiary/aromatic N) is 2. The Morgan fingerprint density at radius 3 is 2.52 bits per heavy atom. The molecule has 0 saturated heterocycles. The van der Waals surface area contributed by atoms with E-state index in [-0.39, 0.29) is 42.6 Å². The third-order valence-corrected chi connectivity index (χ3v) is 4.21. The summed E-state index contributed by atoms with van der Waals surface area (Å²) in [7, 11) is 1.72. The number of hydrogen-bond acceptors (Lipinski definition) is 4. The van der Waals surface area contributed by atoms with Crippen molar-refractivity contribution in [3.05, 3.63) is 51.7 Å². The first-order chi connectivity index (χ1) is 10.0. The Morgan fingerprint density at radius 2 is 1.96 bits per heavy atom. The van der Waals surface area contributed by atoms with Crippen molar-refractivity contribution in [2.75, 3.05) is 13.6 Å². The maximum atomic E-state index is 12.9. The Morgan fingerprint density at radius 1 is 1.35 bits per heavy atom. The summed E-state index contributed by atoms with van der Waals surface area (Å²) in [5.41, 5.74) is 6.96. The van der Waals surface area contributed by atoms with E-state index in [0.29, 0.717) is 18.7 Å². The van der Waals surface area contributed by atoms with Gasteiger partial charge in [0.05, 0.1) is 5.01 Å². The molecule has 2 aromatic rings. The summed E-state index contributed by atoms with van der Waals surface area (Å²) >= 11 is 1.43. The Labute approximate surface area is 151 Å². The van der Waals surface area contributed by atoms with Gasteiger partial charge in [-0.15, -0.1) is 36.2 Å². The molecule has 2 N–H and O–H groups in total. The third-order valence-electron chi connectivity index (χ3n) is 3.36. The molecule has 1 atom stereocenters. The largest absolute Gasteiger partial charge is 0.336 e. The second-order valence-electron chi connectivity index (χ2n) is 4.93. The molecule has 0 radical (unpaired) electrons. The molecule has 2 rings (SSSR count). The number of carbonyl (C=O) groups is 1. The maximum Gasteiger partial charge on any atom is 0.273 e. The van der Waals surface area contributed by atoms with Gasteiger partial charge in [-0.2, -0.15) is 0 Å². The summed E-state index contributed by atoms with van der Waals surface area (Å²) in [6.07, 6.45) is 0.592. The number of halogens is 3. The van der Waals surface area contributed by atoms with Crippen molar-refractivity contribution in [3.63, 3.8) is 0 Å². The van der Waals surface area contributed by atoms with Crippen LogP contribution in [0.5, 0.6) is 0 Å². The topological polar surface area (TPSA) is 59.2 Å². The van der Waals surface area contributed by atoms with Crippen LogP contribution in [0, 0.1) is 5.82 Å². The zero-order chi connectivity index (χ0) is 15.4. The number of amides is 1. The van der Waals surface area contributed by atoms with Gasteiger partial charge in [0.15, 0.2) is 0 Å². The lowest BCUT2D eigenvalue weighted by atomic mass is 10.1. The van der Waals surface area contributed by atoms with Gasteiger partial charge >= 0.3 is 0 Å². The molecule has 0 aliphatic carbocycles. The second kappa shape index (κ2) is 9.82. The van der Waals surface area contributed by atoms with E-state index in [2.05, 4.69) is 4.98 Å². The van der Waals surface area contributed by atoms with E-state index in [9.17, 15) is 9.18 Å². The minimum absolute atomic E-state index is 0. The predicted octanol–water partition coefficient (Wildman–Crippen LogP) is 3.14. The lowest BCUT2D eigenvalue weighted by Crippen LogP contribution is -2.39. The quantitative estimate of drug-likeness (QED) is 0.867. The highest BCUT2D eigenvalue weighted by atomic mass is 35.5. The van der Waals surface area contributed by atoms with Crippen molar-refractivity contribution < 1.29 is 9.18 Å². The Hall–Kier alpha value is -1.21. The van der Waals surface area contributed by atoms with Crippen molar-refractivity contribution >= 4 is 42.1 Å². The van der Waals surface area contributed by atoms with Crippen LogP contribution in [-0.4, -0.2) is 35.4 Å². The first-order valence-corrected chi connectivity index (χ1v) is 7.55. The lowest BCUT2D eigenvalue weighted by molar-refractivity contribution is 0.0743. The number of rotatable bonds is 5. The van der Waals surface area contributed by atoms with E-state index in [0.717, 1.165) is 10.6 Å². The number of thiazole rings is 1. The molecule has 1 amide bonds. The highest BCUT2D eigenvalue weighted by Crippen LogP contribution is 2.16. The molecule has 23 heavy (non-hydrogen) atoms. The second-order valence-corrected chi connectivity index (χ2v) is 5.87. The number of aromatic nitrogens is 1. The highest BCUT2D eigenvalue weighted by molar-refractivity contribution is 7.09. The standard InChI is InChI=1S/C15H18FN3OS.2ClH/c1-10(8-17)19(2)15(20)13-9-21-14(18-13)7-11-3-5-12(16)6-4-11;;/h3-6,9-10H,7-8,17H2,1-2H3;2*1H. The fraction of sp³-hybridized carbons (Fsp3) is 0.333. The first kappa shape index (κ1) is 21.8. The summed E-state index contributed by atoms with van der Waals surface area (Å²) in [5.74, 6) is -0.388. The fourth-order valence-electron chi connectivity index (χ4n) is 1.81. The average Bonchev–Trinajstić information content (AvgIpc) is 2.95. The maximum absolute atomic E-state index is 12.9. The number of carbonyl (C=O) groups excluding carboxylic acids is 1.